The van der Waals surface area contributed by atoms with Crippen LogP contribution < -0.4 is 10.6 Å². The average molecular weight is 274 g/mol. The predicted molar refractivity (Wildman–Crippen MR) is 82.7 cm³/mol. The first kappa shape index (κ1) is 16.0. The second-order valence-corrected chi connectivity index (χ2v) is 4.72. The van der Waals surface area contributed by atoms with E-state index in [4.69, 9.17) is 5.73 Å². The Morgan fingerprint density at radius 1 is 1.50 bits per heavy atom. The number of amides is 2. The van der Waals surface area contributed by atoms with Crippen LogP contribution in [0.3, 0.4) is 0 Å². The first-order valence-electron chi connectivity index (χ1n) is 6.54. The number of aliphatic hydroxyl groups is 1. The van der Waals surface area contributed by atoms with E-state index in [1.54, 1.807) is 6.08 Å². The Kier molecular flexibility index (Phi) is 5.53. The van der Waals surface area contributed by atoms with Crippen molar-refractivity contribution in [3.8, 4) is 0 Å². The Bertz CT molecular complexity index is 511. The second-order valence-electron chi connectivity index (χ2n) is 4.72. The predicted octanol–water partition coefficient (Wildman–Crippen LogP) is 2.63. The molecule has 0 spiro atoms. The largest absolute Gasteiger partial charge is 0.388 e. The molecule has 1 aliphatic rings. The van der Waals surface area contributed by atoms with Gasteiger partial charge >= 0.3 is 6.03 Å². The summed E-state index contributed by atoms with van der Waals surface area (Å²) >= 11 is 0. The molecule has 4 nitrogen and oxygen atoms in total. The number of rotatable bonds is 0. The van der Waals surface area contributed by atoms with Gasteiger partial charge in [0, 0.05) is 12.1 Å². The molecular formula is C16H22N2O2. The number of nitrogens with two attached hydrogens (primary N) is 1. The number of hydrogen-bond donors (Lipinski definition) is 2. The summed E-state index contributed by atoms with van der Waals surface area (Å²) in [5, 5.41) is 10.00. The van der Waals surface area contributed by atoms with E-state index in [1.165, 1.54) is 4.90 Å². The molecule has 1 aromatic rings. The van der Waals surface area contributed by atoms with Crippen molar-refractivity contribution in [3.63, 3.8) is 0 Å². The topological polar surface area (TPSA) is 66.6 Å². The number of urea groups is 1. The number of anilines is 1. The van der Waals surface area contributed by atoms with Crippen molar-refractivity contribution < 1.29 is 9.90 Å². The van der Waals surface area contributed by atoms with Crippen LogP contribution in [0, 0.1) is 0 Å². The van der Waals surface area contributed by atoms with Crippen LogP contribution in [-0.2, 0) is 6.42 Å². The van der Waals surface area contributed by atoms with Gasteiger partial charge in [-0.3, -0.25) is 4.90 Å². The SMILES string of the molecule is C=C1C(O)Cc2ccccc2N(C(N)=O)C1C.C=CC. The summed E-state index contributed by atoms with van der Waals surface area (Å²) in [6, 6.07) is 6.62. The van der Waals surface area contributed by atoms with Gasteiger partial charge in [-0.25, -0.2) is 4.79 Å². The third kappa shape index (κ3) is 3.27. The molecule has 0 saturated heterocycles. The van der Waals surface area contributed by atoms with E-state index in [-0.39, 0.29) is 6.04 Å². The van der Waals surface area contributed by atoms with Crippen molar-refractivity contribution in [2.24, 2.45) is 5.73 Å². The van der Waals surface area contributed by atoms with E-state index >= 15 is 0 Å². The molecule has 2 amide bonds. The van der Waals surface area contributed by atoms with Crippen LogP contribution in [0.15, 0.2) is 49.1 Å². The van der Waals surface area contributed by atoms with E-state index in [2.05, 4.69) is 13.2 Å². The Balaban J connectivity index is 0.000000612. The molecular weight excluding hydrogens is 252 g/mol. The number of nitrogens with zero attached hydrogens (tertiary/aromatic N) is 1. The van der Waals surface area contributed by atoms with E-state index in [0.29, 0.717) is 12.0 Å². The van der Waals surface area contributed by atoms with Gasteiger partial charge in [0.2, 0.25) is 0 Å². The highest BCUT2D eigenvalue weighted by atomic mass is 16.3. The van der Waals surface area contributed by atoms with E-state index in [0.717, 1.165) is 11.3 Å². The highest BCUT2D eigenvalue weighted by molar-refractivity contribution is 5.93. The average Bonchev–Trinajstić information content (AvgIpc) is 2.48. The maximum absolute atomic E-state index is 11.6. The molecule has 1 aromatic carbocycles. The maximum Gasteiger partial charge on any atom is 0.319 e. The molecule has 20 heavy (non-hydrogen) atoms. The highest BCUT2D eigenvalue weighted by Crippen LogP contribution is 2.31. The first-order valence-corrected chi connectivity index (χ1v) is 6.54. The van der Waals surface area contributed by atoms with E-state index < -0.39 is 12.1 Å². The number of carbonyl (C=O) groups is 1. The van der Waals surface area contributed by atoms with Crippen LogP contribution >= 0.6 is 0 Å². The maximum atomic E-state index is 11.6. The van der Waals surface area contributed by atoms with Gasteiger partial charge in [0.05, 0.1) is 12.1 Å². The molecule has 3 N–H and O–H groups in total. The lowest BCUT2D eigenvalue weighted by atomic mass is 10.0. The van der Waals surface area contributed by atoms with Crippen molar-refractivity contribution in [2.75, 3.05) is 4.90 Å². The third-order valence-corrected chi connectivity index (χ3v) is 3.25. The zero-order valence-electron chi connectivity index (χ0n) is 12.0. The summed E-state index contributed by atoms with van der Waals surface area (Å²) in [6.45, 7) is 10.9. The van der Waals surface area contributed by atoms with Gasteiger partial charge in [0.15, 0.2) is 0 Å². The lowest BCUT2D eigenvalue weighted by Gasteiger charge is -2.28. The summed E-state index contributed by atoms with van der Waals surface area (Å²) in [6.07, 6.45) is 1.57. The molecule has 0 radical (unpaired) electrons. The number of aliphatic hydroxyl groups excluding tert-OH is 1. The molecule has 2 atom stereocenters. The number of fused-ring (bicyclic) bond motifs is 1. The van der Waals surface area contributed by atoms with Crippen molar-refractivity contribution in [1.29, 1.82) is 0 Å². The fraction of sp³-hybridized carbons (Fsp3) is 0.312. The van der Waals surface area contributed by atoms with Gasteiger partial charge < -0.3 is 10.8 Å². The Labute approximate surface area is 120 Å². The van der Waals surface area contributed by atoms with Crippen LogP contribution in [0.4, 0.5) is 10.5 Å². The zero-order chi connectivity index (χ0) is 15.3. The fourth-order valence-electron chi connectivity index (χ4n) is 2.22. The molecule has 2 rings (SSSR count). The minimum atomic E-state index is -0.643. The first-order chi connectivity index (χ1) is 9.43. The Morgan fingerprint density at radius 2 is 2.05 bits per heavy atom. The van der Waals surface area contributed by atoms with Crippen LogP contribution in [0.5, 0.6) is 0 Å². The second kappa shape index (κ2) is 6.91. The van der Waals surface area contributed by atoms with Crippen LogP contribution in [0.1, 0.15) is 19.4 Å². The molecule has 1 aliphatic heterocycles. The molecule has 0 saturated carbocycles. The molecule has 4 heteroatoms. The molecule has 108 valence electrons. The highest BCUT2D eigenvalue weighted by Gasteiger charge is 2.31. The lowest BCUT2D eigenvalue weighted by molar-refractivity contribution is 0.207. The molecule has 0 fully saturated rings. The van der Waals surface area contributed by atoms with Crippen molar-refractivity contribution in [1.82, 2.24) is 0 Å². The summed E-state index contributed by atoms with van der Waals surface area (Å²) in [5.41, 5.74) is 7.69. The minimum Gasteiger partial charge on any atom is -0.388 e. The molecule has 0 aliphatic carbocycles. The molecule has 0 aromatic heterocycles. The number of primary amides is 1. The number of hydrogen-bond acceptors (Lipinski definition) is 2. The van der Waals surface area contributed by atoms with Crippen LogP contribution in [-0.4, -0.2) is 23.3 Å². The Hall–Kier alpha value is -2.07. The van der Waals surface area contributed by atoms with Crippen LogP contribution in [0.2, 0.25) is 0 Å². The summed E-state index contributed by atoms with van der Waals surface area (Å²) in [5.74, 6) is 0. The van der Waals surface area contributed by atoms with Gasteiger partial charge in [-0.15, -0.1) is 6.58 Å². The van der Waals surface area contributed by atoms with Crippen molar-refractivity contribution in [3.05, 3.63) is 54.6 Å². The van der Waals surface area contributed by atoms with Gasteiger partial charge in [-0.2, -0.15) is 0 Å². The van der Waals surface area contributed by atoms with Gasteiger partial charge in [0.1, 0.15) is 0 Å². The molecule has 0 bridgehead atoms. The Morgan fingerprint density at radius 3 is 2.60 bits per heavy atom. The van der Waals surface area contributed by atoms with Gasteiger partial charge in [-0.05, 0) is 31.1 Å². The number of para-hydroxylation sites is 1. The monoisotopic (exact) mass is 274 g/mol. The van der Waals surface area contributed by atoms with E-state index in [1.807, 2.05) is 38.1 Å². The van der Waals surface area contributed by atoms with Crippen molar-refractivity contribution >= 4 is 11.7 Å². The molecule has 2 unspecified atom stereocenters. The summed E-state index contributed by atoms with van der Waals surface area (Å²) < 4.78 is 0. The minimum absolute atomic E-state index is 0.300. The fourth-order valence-corrected chi connectivity index (χ4v) is 2.22. The number of carbonyl (C=O) groups excluding carboxylic acids is 1. The van der Waals surface area contributed by atoms with Gasteiger partial charge in [0.25, 0.3) is 0 Å². The normalized spacial score (nSPS) is 21.1. The number of benzene rings is 1. The third-order valence-electron chi connectivity index (χ3n) is 3.25. The zero-order valence-corrected chi connectivity index (χ0v) is 12.0. The lowest BCUT2D eigenvalue weighted by Crippen LogP contribution is -2.43. The quantitative estimate of drug-likeness (QED) is 0.714. The standard InChI is InChI=1S/C13H16N2O2.C3H6/c1-8-9(2)15(13(14)17)11-6-4-3-5-10(11)7-12(8)16;1-3-2/h3-6,9,12,16H,1,7H2,2H3,(H2,14,17);3H,1H2,2H3. The van der Waals surface area contributed by atoms with E-state index in [9.17, 15) is 9.90 Å². The van der Waals surface area contributed by atoms with Crippen LogP contribution in [0.25, 0.3) is 0 Å². The van der Waals surface area contributed by atoms with Crippen molar-refractivity contribution in [2.45, 2.75) is 32.4 Å². The summed E-state index contributed by atoms with van der Waals surface area (Å²) in [7, 11) is 0. The summed E-state index contributed by atoms with van der Waals surface area (Å²) in [4.78, 5) is 13.0. The number of allylic oxidation sites excluding steroid dienone is 1. The molecule has 1 heterocycles. The smallest absolute Gasteiger partial charge is 0.319 e. The van der Waals surface area contributed by atoms with Gasteiger partial charge in [-0.1, -0.05) is 30.9 Å².